The Morgan fingerprint density at radius 2 is 2.29 bits per heavy atom. The summed E-state index contributed by atoms with van der Waals surface area (Å²) >= 11 is 6.13. The number of halogens is 1. The van der Waals surface area contributed by atoms with Gasteiger partial charge in [-0.15, -0.1) is 0 Å². The number of anilines is 2. The third-order valence-corrected chi connectivity index (χ3v) is 4.70. The highest BCUT2D eigenvalue weighted by Gasteiger charge is 2.24. The van der Waals surface area contributed by atoms with E-state index in [1.165, 1.54) is 17.4 Å². The van der Waals surface area contributed by atoms with Crippen LogP contribution in [0.25, 0.3) is 0 Å². The lowest BCUT2D eigenvalue weighted by atomic mass is 10.1. The van der Waals surface area contributed by atoms with Crippen molar-refractivity contribution in [3.05, 3.63) is 52.8 Å². The second-order valence-electron chi connectivity index (χ2n) is 6.20. The molecule has 3 N–H and O–H groups in total. The molecule has 1 amide bonds. The topological polar surface area (TPSA) is 71.2 Å². The molecule has 1 saturated heterocycles. The molecule has 1 aromatic heterocycles. The van der Waals surface area contributed by atoms with Gasteiger partial charge in [0.15, 0.2) is 0 Å². The van der Waals surface area contributed by atoms with E-state index >= 15 is 0 Å². The summed E-state index contributed by atoms with van der Waals surface area (Å²) in [6.45, 7) is 4.87. The van der Waals surface area contributed by atoms with E-state index in [2.05, 4.69) is 28.2 Å². The van der Waals surface area contributed by atoms with Gasteiger partial charge in [0.05, 0.1) is 11.3 Å². The number of nitrogens with zero attached hydrogens (tertiary/aromatic N) is 2. The molecule has 1 atom stereocenters. The SMILES string of the molecule is Cc1ccc(Cl)cc1N1CCC(CNc2ccncc2C(N)=O)C1. The molecule has 3 rings (SSSR count). The zero-order chi connectivity index (χ0) is 17.1. The first-order chi connectivity index (χ1) is 11.5. The zero-order valence-electron chi connectivity index (χ0n) is 13.6. The number of primary amides is 1. The van der Waals surface area contributed by atoms with Crippen LogP contribution in [0.1, 0.15) is 22.3 Å². The van der Waals surface area contributed by atoms with E-state index < -0.39 is 5.91 Å². The molecule has 0 aliphatic carbocycles. The van der Waals surface area contributed by atoms with Crippen molar-refractivity contribution in [2.24, 2.45) is 11.7 Å². The molecule has 24 heavy (non-hydrogen) atoms. The van der Waals surface area contributed by atoms with Crippen LogP contribution in [0.3, 0.4) is 0 Å². The summed E-state index contributed by atoms with van der Waals surface area (Å²) in [6.07, 6.45) is 4.25. The summed E-state index contributed by atoms with van der Waals surface area (Å²) in [6, 6.07) is 7.79. The van der Waals surface area contributed by atoms with Crippen LogP contribution in [0.5, 0.6) is 0 Å². The Hall–Kier alpha value is -2.27. The maximum atomic E-state index is 11.4. The predicted octanol–water partition coefficient (Wildman–Crippen LogP) is 3.08. The Labute approximate surface area is 146 Å². The van der Waals surface area contributed by atoms with E-state index in [1.807, 2.05) is 12.1 Å². The van der Waals surface area contributed by atoms with Crippen LogP contribution in [-0.2, 0) is 0 Å². The number of nitrogens with two attached hydrogens (primary N) is 1. The lowest BCUT2D eigenvalue weighted by Crippen LogP contribution is -2.24. The normalized spacial score (nSPS) is 17.1. The van der Waals surface area contributed by atoms with Crippen molar-refractivity contribution in [3.63, 3.8) is 0 Å². The summed E-state index contributed by atoms with van der Waals surface area (Å²) < 4.78 is 0. The minimum Gasteiger partial charge on any atom is -0.384 e. The Morgan fingerprint density at radius 1 is 1.46 bits per heavy atom. The van der Waals surface area contributed by atoms with Gasteiger partial charge in [-0.2, -0.15) is 0 Å². The van der Waals surface area contributed by atoms with E-state index in [0.29, 0.717) is 11.5 Å². The standard InChI is InChI=1S/C18H21ClN4O/c1-12-2-3-14(19)8-17(12)23-7-5-13(11-23)9-22-16-4-6-21-10-15(16)18(20)24/h2-4,6,8,10,13H,5,7,9,11H2,1H3,(H2,20,24)(H,21,22). The maximum Gasteiger partial charge on any atom is 0.252 e. The van der Waals surface area contributed by atoms with Crippen LogP contribution >= 0.6 is 11.6 Å². The largest absolute Gasteiger partial charge is 0.384 e. The van der Waals surface area contributed by atoms with Crippen molar-refractivity contribution in [1.82, 2.24) is 4.98 Å². The summed E-state index contributed by atoms with van der Waals surface area (Å²) in [5, 5.41) is 4.10. The van der Waals surface area contributed by atoms with Gasteiger partial charge < -0.3 is 16.0 Å². The second-order valence-corrected chi connectivity index (χ2v) is 6.63. The fourth-order valence-corrected chi connectivity index (χ4v) is 3.31. The minimum atomic E-state index is -0.465. The molecule has 2 aromatic rings. The quantitative estimate of drug-likeness (QED) is 0.874. The van der Waals surface area contributed by atoms with Crippen molar-refractivity contribution in [3.8, 4) is 0 Å². The van der Waals surface area contributed by atoms with Gasteiger partial charge in [-0.3, -0.25) is 9.78 Å². The van der Waals surface area contributed by atoms with Crippen LogP contribution in [0.4, 0.5) is 11.4 Å². The van der Waals surface area contributed by atoms with Crippen molar-refractivity contribution >= 4 is 28.9 Å². The van der Waals surface area contributed by atoms with Gasteiger partial charge in [-0.1, -0.05) is 17.7 Å². The molecule has 1 fully saturated rings. The van der Waals surface area contributed by atoms with Gasteiger partial charge in [-0.05, 0) is 43.0 Å². The summed E-state index contributed by atoms with van der Waals surface area (Å²) in [7, 11) is 0. The smallest absolute Gasteiger partial charge is 0.252 e. The molecule has 1 unspecified atom stereocenters. The van der Waals surface area contributed by atoms with Crippen LogP contribution in [-0.4, -0.2) is 30.5 Å². The lowest BCUT2D eigenvalue weighted by molar-refractivity contribution is 0.100. The number of amides is 1. The fraction of sp³-hybridized carbons (Fsp3) is 0.333. The number of rotatable bonds is 5. The van der Waals surface area contributed by atoms with E-state index in [4.69, 9.17) is 17.3 Å². The highest BCUT2D eigenvalue weighted by molar-refractivity contribution is 6.30. The van der Waals surface area contributed by atoms with Gasteiger partial charge in [0.2, 0.25) is 0 Å². The third kappa shape index (κ3) is 3.62. The average Bonchev–Trinajstić information content (AvgIpc) is 3.04. The van der Waals surface area contributed by atoms with Crippen molar-refractivity contribution in [2.75, 3.05) is 29.9 Å². The van der Waals surface area contributed by atoms with E-state index in [1.54, 1.807) is 12.3 Å². The first kappa shape index (κ1) is 16.6. The molecular formula is C18H21ClN4O. The van der Waals surface area contributed by atoms with Crippen LogP contribution < -0.4 is 16.0 Å². The lowest BCUT2D eigenvalue weighted by Gasteiger charge is -2.21. The second kappa shape index (κ2) is 7.09. The number of aryl methyl sites for hydroxylation is 1. The van der Waals surface area contributed by atoms with Crippen molar-refractivity contribution < 1.29 is 4.79 Å². The molecule has 0 bridgehead atoms. The van der Waals surface area contributed by atoms with E-state index in [9.17, 15) is 4.79 Å². The Morgan fingerprint density at radius 3 is 3.08 bits per heavy atom. The molecule has 126 valence electrons. The number of pyridine rings is 1. The first-order valence-electron chi connectivity index (χ1n) is 8.03. The van der Waals surface area contributed by atoms with Gasteiger partial charge in [0, 0.05) is 42.7 Å². The van der Waals surface area contributed by atoms with E-state index in [-0.39, 0.29) is 0 Å². The van der Waals surface area contributed by atoms with Gasteiger partial charge >= 0.3 is 0 Å². The molecule has 0 radical (unpaired) electrons. The first-order valence-corrected chi connectivity index (χ1v) is 8.41. The summed E-state index contributed by atoms with van der Waals surface area (Å²) in [5.41, 5.74) is 9.00. The van der Waals surface area contributed by atoms with Crippen LogP contribution in [0.2, 0.25) is 5.02 Å². The summed E-state index contributed by atoms with van der Waals surface area (Å²) in [4.78, 5) is 17.8. The molecule has 1 aliphatic heterocycles. The number of nitrogens with one attached hydrogen (secondary N) is 1. The Kier molecular flexibility index (Phi) is 4.90. The van der Waals surface area contributed by atoms with Crippen LogP contribution in [0, 0.1) is 12.8 Å². The predicted molar refractivity (Wildman–Crippen MR) is 97.8 cm³/mol. The molecule has 0 saturated carbocycles. The van der Waals surface area contributed by atoms with Gasteiger partial charge in [0.25, 0.3) is 5.91 Å². The highest BCUT2D eigenvalue weighted by Crippen LogP contribution is 2.29. The Bertz CT molecular complexity index is 750. The fourth-order valence-electron chi connectivity index (χ4n) is 3.14. The molecule has 1 aromatic carbocycles. The molecule has 1 aliphatic rings. The monoisotopic (exact) mass is 344 g/mol. The van der Waals surface area contributed by atoms with Gasteiger partial charge in [0.1, 0.15) is 0 Å². The average molecular weight is 345 g/mol. The molecule has 5 nitrogen and oxygen atoms in total. The Balaban J connectivity index is 1.63. The van der Waals surface area contributed by atoms with Crippen molar-refractivity contribution in [2.45, 2.75) is 13.3 Å². The zero-order valence-corrected chi connectivity index (χ0v) is 14.4. The number of benzene rings is 1. The number of carbonyl (C=O) groups is 1. The van der Waals surface area contributed by atoms with Crippen molar-refractivity contribution in [1.29, 1.82) is 0 Å². The van der Waals surface area contributed by atoms with Gasteiger partial charge in [-0.25, -0.2) is 0 Å². The molecular weight excluding hydrogens is 324 g/mol. The molecule has 2 heterocycles. The number of hydrogen-bond donors (Lipinski definition) is 2. The number of hydrogen-bond acceptors (Lipinski definition) is 4. The minimum absolute atomic E-state index is 0.429. The number of carbonyl (C=O) groups excluding carboxylic acids is 1. The highest BCUT2D eigenvalue weighted by atomic mass is 35.5. The van der Waals surface area contributed by atoms with Crippen LogP contribution in [0.15, 0.2) is 36.7 Å². The third-order valence-electron chi connectivity index (χ3n) is 4.47. The number of aromatic nitrogens is 1. The molecule has 0 spiro atoms. The maximum absolute atomic E-state index is 11.4. The molecule has 6 heteroatoms. The van der Waals surface area contributed by atoms with E-state index in [0.717, 1.165) is 36.8 Å². The summed E-state index contributed by atoms with van der Waals surface area (Å²) in [5.74, 6) is 0.0328.